The van der Waals surface area contributed by atoms with E-state index >= 15 is 0 Å². The summed E-state index contributed by atoms with van der Waals surface area (Å²) in [6.07, 6.45) is 1.02. The van der Waals surface area contributed by atoms with Crippen LogP contribution < -0.4 is 9.62 Å². The maximum absolute atomic E-state index is 14.7. The van der Waals surface area contributed by atoms with Gasteiger partial charge in [0.2, 0.25) is 10.0 Å². The molecule has 0 aliphatic carbocycles. The highest BCUT2D eigenvalue weighted by atomic mass is 32.2. The quantitative estimate of drug-likeness (QED) is 0.165. The van der Waals surface area contributed by atoms with E-state index in [1.54, 1.807) is 30.3 Å². The van der Waals surface area contributed by atoms with Crippen LogP contribution >= 0.6 is 0 Å². The number of carbonyl (C=O) groups is 1. The highest BCUT2D eigenvalue weighted by molar-refractivity contribution is 7.92. The lowest BCUT2D eigenvalue weighted by atomic mass is 9.95. The van der Waals surface area contributed by atoms with Crippen LogP contribution in [0, 0.1) is 11.6 Å². The molecule has 3 N–H and O–H groups in total. The number of hydrogen-bond acceptors (Lipinski definition) is 6. The van der Waals surface area contributed by atoms with E-state index in [1.165, 1.54) is 56.6 Å². The van der Waals surface area contributed by atoms with Crippen molar-refractivity contribution in [2.45, 2.75) is 5.92 Å². The zero-order chi connectivity index (χ0) is 33.6. The number of aromatic nitrogens is 2. The number of carbonyl (C=O) groups excluding carboxylic acids is 1. The summed E-state index contributed by atoms with van der Waals surface area (Å²) in [7, 11) is -1.04. The number of nitrogens with one attached hydrogen (secondary N) is 2. The van der Waals surface area contributed by atoms with Crippen molar-refractivity contribution in [1.82, 2.24) is 15.3 Å². The summed E-state index contributed by atoms with van der Waals surface area (Å²) in [5.74, 6) is -2.27. The molecule has 3 aromatic carbocycles. The molecule has 6 aromatic rings. The standard InChI is InChI=1S/C34H29F3N4O5S/c1-38-34(43)31-24-13-23(29(41(2)47(3,44)45)15-30(24)46-33(31)18-7-9-20(36)10-8-18)27-12-11-21(19(16-35)17-42)32(40-27)28-14-22-25(37)5-4-6-26(22)39-28/h4-15,19,39,42H,16-17H2,1-3H3,(H,38,43). The zero-order valence-electron chi connectivity index (χ0n) is 25.4. The van der Waals surface area contributed by atoms with Gasteiger partial charge in [0.25, 0.3) is 5.91 Å². The first-order valence-corrected chi connectivity index (χ1v) is 16.3. The maximum Gasteiger partial charge on any atom is 0.255 e. The van der Waals surface area contributed by atoms with Crippen LogP contribution in [0.1, 0.15) is 21.8 Å². The van der Waals surface area contributed by atoms with Gasteiger partial charge in [0.15, 0.2) is 0 Å². The fourth-order valence-corrected chi connectivity index (χ4v) is 6.08. The number of aliphatic hydroxyl groups excluding tert-OH is 1. The molecule has 0 radical (unpaired) electrons. The molecular formula is C34H29F3N4O5S. The average molecular weight is 663 g/mol. The Morgan fingerprint density at radius 3 is 2.45 bits per heavy atom. The lowest BCUT2D eigenvalue weighted by molar-refractivity contribution is 0.0964. The Kier molecular flexibility index (Phi) is 8.28. The molecule has 1 amide bonds. The number of pyridine rings is 1. The number of halogens is 3. The van der Waals surface area contributed by atoms with Gasteiger partial charge in [0, 0.05) is 53.5 Å². The minimum absolute atomic E-state index is 0.129. The Hall–Kier alpha value is -5.14. The van der Waals surface area contributed by atoms with Crippen LogP contribution in [-0.4, -0.2) is 63.0 Å². The molecule has 3 aromatic heterocycles. The van der Waals surface area contributed by atoms with E-state index in [0.29, 0.717) is 27.7 Å². The summed E-state index contributed by atoms with van der Waals surface area (Å²) in [5.41, 5.74) is 2.77. The monoisotopic (exact) mass is 662 g/mol. The highest BCUT2D eigenvalue weighted by Crippen LogP contribution is 2.42. The number of aliphatic hydroxyl groups is 1. The van der Waals surface area contributed by atoms with Crippen LogP contribution in [0.15, 0.2) is 77.2 Å². The highest BCUT2D eigenvalue weighted by Gasteiger charge is 2.27. The summed E-state index contributed by atoms with van der Waals surface area (Å²) < 4.78 is 75.4. The fraction of sp³-hybridized carbons (Fsp3) is 0.176. The predicted octanol–water partition coefficient (Wildman–Crippen LogP) is 6.39. The first kappa shape index (κ1) is 31.8. The number of H-pyrrole nitrogens is 1. The Labute approximate surface area is 267 Å². The Morgan fingerprint density at radius 1 is 1.06 bits per heavy atom. The molecule has 13 heteroatoms. The molecule has 0 saturated heterocycles. The third-order valence-corrected chi connectivity index (χ3v) is 9.31. The molecule has 1 unspecified atom stereocenters. The molecule has 0 saturated carbocycles. The van der Waals surface area contributed by atoms with E-state index in [2.05, 4.69) is 10.3 Å². The second-order valence-electron chi connectivity index (χ2n) is 11.0. The van der Waals surface area contributed by atoms with Gasteiger partial charge in [0.05, 0.1) is 47.9 Å². The Balaban J connectivity index is 1.66. The van der Waals surface area contributed by atoms with Gasteiger partial charge in [-0.05, 0) is 60.2 Å². The summed E-state index contributed by atoms with van der Waals surface area (Å²) >= 11 is 0. The lowest BCUT2D eigenvalue weighted by Gasteiger charge is -2.21. The Bertz CT molecular complexity index is 2260. The molecule has 6 rings (SSSR count). The minimum Gasteiger partial charge on any atom is -0.455 e. The SMILES string of the molecule is CNC(=O)c1c(-c2ccc(F)cc2)oc2cc(N(C)S(C)(=O)=O)c(-c3ccc(C(CO)CF)c(-c4cc5c(F)cccc5[nH]4)n3)cc12. The molecule has 9 nitrogen and oxygen atoms in total. The van der Waals surface area contributed by atoms with Crippen molar-refractivity contribution in [3.8, 4) is 34.0 Å². The predicted molar refractivity (Wildman–Crippen MR) is 175 cm³/mol. The summed E-state index contributed by atoms with van der Waals surface area (Å²) in [4.78, 5) is 21.2. The first-order valence-electron chi connectivity index (χ1n) is 14.4. The third-order valence-electron chi connectivity index (χ3n) is 8.12. The van der Waals surface area contributed by atoms with E-state index in [4.69, 9.17) is 9.40 Å². The topological polar surface area (TPSA) is 129 Å². The lowest BCUT2D eigenvalue weighted by Crippen LogP contribution is -2.25. The zero-order valence-corrected chi connectivity index (χ0v) is 26.3. The number of aromatic amines is 1. The van der Waals surface area contributed by atoms with Gasteiger partial charge in [-0.15, -0.1) is 0 Å². The van der Waals surface area contributed by atoms with Crippen LogP contribution in [0.5, 0.6) is 0 Å². The third kappa shape index (κ3) is 5.72. The van der Waals surface area contributed by atoms with E-state index in [1.807, 2.05) is 0 Å². The summed E-state index contributed by atoms with van der Waals surface area (Å²) in [6, 6.07) is 17.6. The van der Waals surface area contributed by atoms with Crippen LogP contribution in [-0.2, 0) is 10.0 Å². The van der Waals surface area contributed by atoms with Gasteiger partial charge < -0.3 is 19.8 Å². The number of amides is 1. The van der Waals surface area contributed by atoms with Crippen molar-refractivity contribution < 1.29 is 35.9 Å². The van der Waals surface area contributed by atoms with Crippen LogP contribution in [0.25, 0.3) is 55.8 Å². The van der Waals surface area contributed by atoms with Gasteiger partial charge in [-0.3, -0.25) is 13.5 Å². The molecule has 47 heavy (non-hydrogen) atoms. The van der Waals surface area contributed by atoms with E-state index in [9.17, 15) is 31.5 Å². The molecule has 0 aliphatic rings. The average Bonchev–Trinajstić information content (AvgIpc) is 3.67. The molecule has 1 atom stereocenters. The number of nitrogens with zero attached hydrogens (tertiary/aromatic N) is 2. The molecule has 242 valence electrons. The number of sulfonamides is 1. The number of fused-ring (bicyclic) bond motifs is 2. The van der Waals surface area contributed by atoms with Crippen LogP contribution in [0.2, 0.25) is 0 Å². The van der Waals surface area contributed by atoms with Crippen molar-refractivity contribution in [3.63, 3.8) is 0 Å². The van der Waals surface area contributed by atoms with Crippen LogP contribution in [0.4, 0.5) is 18.9 Å². The Morgan fingerprint density at radius 2 is 1.81 bits per heavy atom. The van der Waals surface area contributed by atoms with Crippen molar-refractivity contribution in [3.05, 3.63) is 95.6 Å². The van der Waals surface area contributed by atoms with E-state index < -0.39 is 46.8 Å². The molecule has 3 heterocycles. The smallest absolute Gasteiger partial charge is 0.255 e. The number of anilines is 1. The second-order valence-corrected chi connectivity index (χ2v) is 13.1. The van der Waals surface area contributed by atoms with E-state index in [0.717, 1.165) is 10.6 Å². The van der Waals surface area contributed by atoms with Gasteiger partial charge in [0.1, 0.15) is 23.0 Å². The number of furan rings is 1. The van der Waals surface area contributed by atoms with Crippen molar-refractivity contribution in [2.24, 2.45) is 0 Å². The fourth-order valence-electron chi connectivity index (χ4n) is 5.57. The number of alkyl halides is 1. The van der Waals surface area contributed by atoms with Gasteiger partial charge in [-0.25, -0.2) is 22.2 Å². The van der Waals surface area contributed by atoms with Gasteiger partial charge >= 0.3 is 0 Å². The summed E-state index contributed by atoms with van der Waals surface area (Å²) in [6.45, 7) is -1.42. The summed E-state index contributed by atoms with van der Waals surface area (Å²) in [5, 5.41) is 13.2. The van der Waals surface area contributed by atoms with Gasteiger partial charge in [-0.1, -0.05) is 12.1 Å². The second kappa shape index (κ2) is 12.2. The largest absolute Gasteiger partial charge is 0.455 e. The first-order chi connectivity index (χ1) is 22.4. The van der Waals surface area contributed by atoms with Crippen molar-refractivity contribution >= 4 is 43.5 Å². The van der Waals surface area contributed by atoms with Gasteiger partial charge in [-0.2, -0.15) is 0 Å². The maximum atomic E-state index is 14.7. The van der Waals surface area contributed by atoms with Crippen molar-refractivity contribution in [1.29, 1.82) is 0 Å². The number of hydrogen-bond donors (Lipinski definition) is 3. The molecule has 0 bridgehead atoms. The van der Waals surface area contributed by atoms with Crippen molar-refractivity contribution in [2.75, 3.05) is 37.9 Å². The normalized spacial score (nSPS) is 12.5. The molecular weight excluding hydrogens is 633 g/mol. The minimum atomic E-state index is -3.84. The molecule has 0 spiro atoms. The van der Waals surface area contributed by atoms with Crippen LogP contribution in [0.3, 0.4) is 0 Å². The number of rotatable bonds is 9. The molecule has 0 fully saturated rings. The number of benzene rings is 3. The molecule has 0 aliphatic heterocycles. The van der Waals surface area contributed by atoms with E-state index in [-0.39, 0.29) is 44.9 Å².